The standard InChI is InChI=1S/C23H22N2O6/c1-14(2)25-22(26)16(12-24)10-15-8-9-19(20(11-15)28-3)31-23(27)21-13-29-17-6-4-5-7-18(17)30-21/h4-11,14,21H,13H2,1-3H3,(H,25,26)/b16-10+. The number of esters is 1. The van der Waals surface area contributed by atoms with Crippen molar-refractivity contribution in [2.24, 2.45) is 0 Å². The van der Waals surface area contributed by atoms with E-state index in [1.165, 1.54) is 19.3 Å². The number of ether oxygens (including phenoxy) is 4. The highest BCUT2D eigenvalue weighted by Crippen LogP contribution is 2.33. The summed E-state index contributed by atoms with van der Waals surface area (Å²) in [4.78, 5) is 24.6. The average Bonchev–Trinajstić information content (AvgIpc) is 2.77. The number of amides is 1. The fourth-order valence-electron chi connectivity index (χ4n) is 2.82. The lowest BCUT2D eigenvalue weighted by Gasteiger charge is -2.25. The zero-order chi connectivity index (χ0) is 22.4. The first-order valence-corrected chi connectivity index (χ1v) is 9.62. The number of para-hydroxylation sites is 2. The topological polar surface area (TPSA) is 107 Å². The van der Waals surface area contributed by atoms with E-state index >= 15 is 0 Å². The summed E-state index contributed by atoms with van der Waals surface area (Å²) in [6, 6.07) is 13.5. The molecule has 0 bridgehead atoms. The van der Waals surface area contributed by atoms with Crippen LogP contribution in [0.4, 0.5) is 0 Å². The maximum Gasteiger partial charge on any atom is 0.356 e. The zero-order valence-electron chi connectivity index (χ0n) is 17.4. The molecule has 0 aromatic heterocycles. The van der Waals surface area contributed by atoms with Gasteiger partial charge in [-0.05, 0) is 49.8 Å². The van der Waals surface area contributed by atoms with E-state index in [2.05, 4.69) is 5.32 Å². The van der Waals surface area contributed by atoms with E-state index in [0.717, 1.165) is 0 Å². The minimum atomic E-state index is -0.927. The first-order valence-electron chi connectivity index (χ1n) is 9.62. The highest BCUT2D eigenvalue weighted by Gasteiger charge is 2.29. The Morgan fingerprint density at radius 3 is 2.61 bits per heavy atom. The highest BCUT2D eigenvalue weighted by atomic mass is 16.6. The summed E-state index contributed by atoms with van der Waals surface area (Å²) in [7, 11) is 1.42. The number of hydrogen-bond donors (Lipinski definition) is 1. The monoisotopic (exact) mass is 422 g/mol. The van der Waals surface area contributed by atoms with E-state index in [1.807, 2.05) is 12.1 Å². The van der Waals surface area contributed by atoms with Gasteiger partial charge < -0.3 is 24.3 Å². The number of nitrogens with one attached hydrogen (secondary N) is 1. The molecular formula is C23H22N2O6. The largest absolute Gasteiger partial charge is 0.493 e. The number of rotatable bonds is 6. The van der Waals surface area contributed by atoms with Gasteiger partial charge in [-0.3, -0.25) is 4.79 Å². The van der Waals surface area contributed by atoms with Crippen LogP contribution in [-0.4, -0.2) is 37.7 Å². The van der Waals surface area contributed by atoms with Gasteiger partial charge in [-0.15, -0.1) is 0 Å². The maximum absolute atomic E-state index is 12.6. The second-order valence-electron chi connectivity index (χ2n) is 6.99. The summed E-state index contributed by atoms with van der Waals surface area (Å²) in [5.74, 6) is 0.367. The normalized spacial score (nSPS) is 15.1. The molecule has 0 saturated carbocycles. The molecule has 2 aromatic rings. The number of nitrogens with zero attached hydrogens (tertiary/aromatic N) is 1. The van der Waals surface area contributed by atoms with E-state index in [0.29, 0.717) is 17.1 Å². The van der Waals surface area contributed by atoms with Crippen molar-refractivity contribution in [1.82, 2.24) is 5.32 Å². The van der Waals surface area contributed by atoms with Gasteiger partial charge in [0.05, 0.1) is 7.11 Å². The number of methoxy groups -OCH3 is 1. The van der Waals surface area contributed by atoms with Gasteiger partial charge >= 0.3 is 5.97 Å². The molecule has 1 atom stereocenters. The van der Waals surface area contributed by atoms with Crippen LogP contribution in [0.25, 0.3) is 6.08 Å². The molecule has 0 fully saturated rings. The van der Waals surface area contributed by atoms with E-state index in [1.54, 1.807) is 44.2 Å². The van der Waals surface area contributed by atoms with Gasteiger partial charge in [-0.1, -0.05) is 18.2 Å². The number of hydrogen-bond acceptors (Lipinski definition) is 7. The predicted octanol–water partition coefficient (Wildman–Crippen LogP) is 2.87. The van der Waals surface area contributed by atoms with E-state index in [9.17, 15) is 14.9 Å². The summed E-state index contributed by atoms with van der Waals surface area (Å²) in [5, 5.41) is 11.9. The Labute approximate surface area is 180 Å². The number of carbonyl (C=O) groups is 2. The summed E-state index contributed by atoms with van der Waals surface area (Å²) in [6.07, 6.45) is 0.505. The average molecular weight is 422 g/mol. The number of carbonyl (C=O) groups excluding carboxylic acids is 2. The SMILES string of the molecule is COc1cc(/C=C(\C#N)C(=O)NC(C)C)ccc1OC(=O)C1COc2ccccc2O1. The molecule has 0 aliphatic carbocycles. The van der Waals surface area contributed by atoms with Gasteiger partial charge in [0.25, 0.3) is 5.91 Å². The van der Waals surface area contributed by atoms with Crippen LogP contribution in [0.2, 0.25) is 0 Å². The summed E-state index contributed by atoms with van der Waals surface area (Å²) < 4.78 is 22.0. The molecule has 1 amide bonds. The van der Waals surface area contributed by atoms with Crippen molar-refractivity contribution >= 4 is 18.0 Å². The minimum Gasteiger partial charge on any atom is -0.493 e. The second-order valence-corrected chi connectivity index (χ2v) is 6.99. The lowest BCUT2D eigenvalue weighted by atomic mass is 10.1. The molecule has 160 valence electrons. The molecule has 3 rings (SSSR count). The van der Waals surface area contributed by atoms with Gasteiger partial charge in [-0.25, -0.2) is 4.79 Å². The Bertz CT molecular complexity index is 1050. The van der Waals surface area contributed by atoms with E-state index in [4.69, 9.17) is 18.9 Å². The van der Waals surface area contributed by atoms with Crippen molar-refractivity contribution in [3.05, 3.63) is 53.6 Å². The van der Waals surface area contributed by atoms with Crippen LogP contribution in [-0.2, 0) is 9.59 Å². The van der Waals surface area contributed by atoms with Crippen molar-refractivity contribution < 1.29 is 28.5 Å². The molecule has 0 radical (unpaired) electrons. The molecule has 1 unspecified atom stereocenters. The van der Waals surface area contributed by atoms with Crippen LogP contribution < -0.4 is 24.3 Å². The Hall–Kier alpha value is -3.99. The molecule has 1 aliphatic rings. The molecule has 2 aromatic carbocycles. The van der Waals surface area contributed by atoms with Crippen LogP contribution in [0.1, 0.15) is 19.4 Å². The third-order valence-electron chi connectivity index (χ3n) is 4.27. The van der Waals surface area contributed by atoms with Gasteiger partial charge in [0.15, 0.2) is 23.0 Å². The van der Waals surface area contributed by atoms with Crippen LogP contribution in [0.15, 0.2) is 48.0 Å². The lowest BCUT2D eigenvalue weighted by Crippen LogP contribution is -2.39. The molecule has 0 spiro atoms. The first-order chi connectivity index (χ1) is 14.9. The van der Waals surface area contributed by atoms with Gasteiger partial charge in [0.1, 0.15) is 18.2 Å². The molecule has 31 heavy (non-hydrogen) atoms. The number of benzene rings is 2. The van der Waals surface area contributed by atoms with Crippen LogP contribution >= 0.6 is 0 Å². The fraction of sp³-hybridized carbons (Fsp3) is 0.261. The van der Waals surface area contributed by atoms with Crippen LogP contribution in [0.3, 0.4) is 0 Å². The summed E-state index contributed by atoms with van der Waals surface area (Å²) >= 11 is 0. The molecule has 8 nitrogen and oxygen atoms in total. The summed E-state index contributed by atoms with van der Waals surface area (Å²) in [5.41, 5.74) is 0.491. The van der Waals surface area contributed by atoms with Crippen molar-refractivity contribution in [2.45, 2.75) is 26.0 Å². The fourth-order valence-corrected chi connectivity index (χ4v) is 2.82. The summed E-state index contributed by atoms with van der Waals surface area (Å²) in [6.45, 7) is 3.63. The molecular weight excluding hydrogens is 400 g/mol. The van der Waals surface area contributed by atoms with Gasteiger partial charge in [0.2, 0.25) is 6.10 Å². The van der Waals surface area contributed by atoms with E-state index in [-0.39, 0.29) is 29.7 Å². The van der Waals surface area contributed by atoms with Gasteiger partial charge in [0, 0.05) is 6.04 Å². The predicted molar refractivity (Wildman–Crippen MR) is 112 cm³/mol. The Kier molecular flexibility index (Phi) is 6.78. The maximum atomic E-state index is 12.6. The number of fused-ring (bicyclic) bond motifs is 1. The first kappa shape index (κ1) is 21.7. The second kappa shape index (κ2) is 9.67. The minimum absolute atomic E-state index is 0.0233. The van der Waals surface area contributed by atoms with Crippen molar-refractivity contribution in [2.75, 3.05) is 13.7 Å². The Morgan fingerprint density at radius 1 is 1.19 bits per heavy atom. The highest BCUT2D eigenvalue weighted by molar-refractivity contribution is 6.01. The molecule has 0 saturated heterocycles. The van der Waals surface area contributed by atoms with Crippen LogP contribution in [0.5, 0.6) is 23.0 Å². The Balaban J connectivity index is 1.74. The zero-order valence-corrected chi connectivity index (χ0v) is 17.4. The van der Waals surface area contributed by atoms with Gasteiger partial charge in [-0.2, -0.15) is 5.26 Å². The van der Waals surface area contributed by atoms with Crippen molar-refractivity contribution in [1.29, 1.82) is 5.26 Å². The number of nitriles is 1. The molecule has 1 aliphatic heterocycles. The quantitative estimate of drug-likeness (QED) is 0.330. The van der Waals surface area contributed by atoms with Crippen molar-refractivity contribution in [3.8, 4) is 29.1 Å². The van der Waals surface area contributed by atoms with Crippen LogP contribution in [0, 0.1) is 11.3 Å². The third kappa shape index (κ3) is 5.34. The lowest BCUT2D eigenvalue weighted by molar-refractivity contribution is -0.144. The molecule has 1 heterocycles. The van der Waals surface area contributed by atoms with E-state index < -0.39 is 18.0 Å². The smallest absolute Gasteiger partial charge is 0.356 e. The molecule has 1 N–H and O–H groups in total. The molecule has 8 heteroatoms. The third-order valence-corrected chi connectivity index (χ3v) is 4.27. The van der Waals surface area contributed by atoms with Crippen molar-refractivity contribution in [3.63, 3.8) is 0 Å². The Morgan fingerprint density at radius 2 is 1.94 bits per heavy atom.